The molecule has 3 heteroatoms. The van der Waals surface area contributed by atoms with Crippen molar-refractivity contribution in [3.05, 3.63) is 0 Å². The molecule has 0 bridgehead atoms. The summed E-state index contributed by atoms with van der Waals surface area (Å²) < 4.78 is 14.7. The monoisotopic (exact) mass is 135 g/mol. The lowest BCUT2D eigenvalue weighted by molar-refractivity contribution is 0.679. The smallest absolute Gasteiger partial charge is 0.0435 e. The van der Waals surface area contributed by atoms with Gasteiger partial charge in [-0.15, -0.1) is 0 Å². The lowest BCUT2D eigenvalue weighted by Gasteiger charge is -1.96. The van der Waals surface area contributed by atoms with Crippen LogP contribution in [0.15, 0.2) is 4.36 Å². The fourth-order valence-electron chi connectivity index (χ4n) is 0.470. The van der Waals surface area contributed by atoms with Crippen LogP contribution in [0, 0.1) is 0 Å². The van der Waals surface area contributed by atoms with Crippen LogP contribution < -0.4 is 0 Å². The molecule has 0 aliphatic carbocycles. The van der Waals surface area contributed by atoms with Crippen LogP contribution in [-0.4, -0.2) is 23.3 Å². The Hall–Kier alpha value is -0.0500. The molecule has 0 aromatic carbocycles. The van der Waals surface area contributed by atoms with E-state index in [2.05, 4.69) is 4.36 Å². The molecule has 0 aromatic heterocycles. The third-order valence-corrected chi connectivity index (χ3v) is 2.91. The first kappa shape index (κ1) is 7.95. The Balaban J connectivity index is 3.96. The Labute approximate surface area is 51.5 Å². The van der Waals surface area contributed by atoms with Crippen molar-refractivity contribution in [3.63, 3.8) is 0 Å². The highest BCUT2D eigenvalue weighted by Gasteiger charge is 1.93. The Morgan fingerprint density at radius 2 is 2.12 bits per heavy atom. The van der Waals surface area contributed by atoms with E-state index in [1.165, 1.54) is 0 Å². The lowest BCUT2D eigenvalue weighted by atomic mass is 10.6. The van der Waals surface area contributed by atoms with E-state index in [1.54, 1.807) is 13.3 Å². The molecule has 0 saturated carbocycles. The molecule has 0 rings (SSSR count). The zero-order valence-electron chi connectivity index (χ0n) is 5.68. The van der Waals surface area contributed by atoms with Crippen molar-refractivity contribution in [1.82, 2.24) is 0 Å². The largest absolute Gasteiger partial charge is 0.250 e. The minimum absolute atomic E-state index is 0.726. The molecule has 0 amide bonds. The fourth-order valence-corrected chi connectivity index (χ4v) is 1.41. The molecule has 0 radical (unpaired) electrons. The summed E-state index contributed by atoms with van der Waals surface area (Å²) in [6, 6.07) is 0. The van der Waals surface area contributed by atoms with E-state index in [-0.39, 0.29) is 0 Å². The second-order valence-electron chi connectivity index (χ2n) is 1.85. The third-order valence-electron chi connectivity index (χ3n) is 0.969. The highest BCUT2D eigenvalue weighted by molar-refractivity contribution is 7.92. The third kappa shape index (κ3) is 3.02. The fraction of sp³-hybridized carbons (Fsp3) is 1.00. The van der Waals surface area contributed by atoms with Gasteiger partial charge in [0.1, 0.15) is 0 Å². The molecule has 0 spiro atoms. The summed E-state index contributed by atoms with van der Waals surface area (Å²) in [5, 5.41) is 0. The molecule has 0 aromatic rings. The average molecular weight is 135 g/mol. The van der Waals surface area contributed by atoms with E-state index in [1.807, 2.05) is 6.92 Å². The van der Waals surface area contributed by atoms with Gasteiger partial charge in [0.15, 0.2) is 0 Å². The topological polar surface area (TPSA) is 29.4 Å². The van der Waals surface area contributed by atoms with Crippen LogP contribution in [0.5, 0.6) is 0 Å². The molecule has 1 unspecified atom stereocenters. The summed E-state index contributed by atoms with van der Waals surface area (Å²) in [5.74, 6) is 0.726. The van der Waals surface area contributed by atoms with Crippen molar-refractivity contribution in [3.8, 4) is 0 Å². The zero-order valence-corrected chi connectivity index (χ0v) is 6.49. The molecule has 0 aliphatic rings. The first-order valence-corrected chi connectivity index (χ1v) is 4.79. The molecule has 0 aliphatic heterocycles. The van der Waals surface area contributed by atoms with Crippen molar-refractivity contribution < 1.29 is 4.21 Å². The zero-order chi connectivity index (χ0) is 6.62. The van der Waals surface area contributed by atoms with Crippen LogP contribution in [-0.2, 0) is 9.73 Å². The van der Waals surface area contributed by atoms with Gasteiger partial charge < -0.3 is 0 Å². The minimum atomic E-state index is -1.79. The molecule has 0 saturated heterocycles. The average Bonchev–Trinajstić information content (AvgIpc) is 1.67. The van der Waals surface area contributed by atoms with Gasteiger partial charge in [-0.1, -0.05) is 6.92 Å². The van der Waals surface area contributed by atoms with Crippen LogP contribution in [0.3, 0.4) is 0 Å². The van der Waals surface area contributed by atoms with Gasteiger partial charge in [-0.05, 0) is 6.42 Å². The lowest BCUT2D eigenvalue weighted by Crippen LogP contribution is -2.00. The van der Waals surface area contributed by atoms with Crippen molar-refractivity contribution in [2.24, 2.45) is 4.36 Å². The summed E-state index contributed by atoms with van der Waals surface area (Å²) in [6.07, 6.45) is 2.64. The summed E-state index contributed by atoms with van der Waals surface area (Å²) in [7, 11) is -0.185. The van der Waals surface area contributed by atoms with Crippen molar-refractivity contribution in [1.29, 1.82) is 0 Å². The Morgan fingerprint density at radius 1 is 1.62 bits per heavy atom. The van der Waals surface area contributed by atoms with E-state index < -0.39 is 9.73 Å². The van der Waals surface area contributed by atoms with E-state index in [9.17, 15) is 4.21 Å². The molecule has 2 nitrogen and oxygen atoms in total. The highest BCUT2D eigenvalue weighted by atomic mass is 32.2. The van der Waals surface area contributed by atoms with E-state index in [0.29, 0.717) is 0 Å². The van der Waals surface area contributed by atoms with E-state index in [4.69, 9.17) is 0 Å². The predicted octanol–water partition coefficient (Wildman–Crippen LogP) is 1.12. The summed E-state index contributed by atoms with van der Waals surface area (Å²) in [4.78, 5) is 0. The molecule has 0 heterocycles. The normalized spacial score (nSPS) is 17.4. The number of rotatable bonds is 2. The number of nitrogens with zero attached hydrogens (tertiary/aromatic N) is 1. The first-order chi connectivity index (χ1) is 3.62. The maximum absolute atomic E-state index is 11.0. The number of hydrogen-bond acceptors (Lipinski definition) is 2. The van der Waals surface area contributed by atoms with Crippen molar-refractivity contribution in [2.75, 3.05) is 19.1 Å². The highest BCUT2D eigenvalue weighted by Crippen LogP contribution is 1.90. The standard InChI is InChI=1S/C5H13NOS/c1-4-5-8(3,7)6-2/h4-5H2,1-3H3. The van der Waals surface area contributed by atoms with Gasteiger partial charge in [0.2, 0.25) is 0 Å². The van der Waals surface area contributed by atoms with Crippen molar-refractivity contribution >= 4 is 9.73 Å². The summed E-state index contributed by atoms with van der Waals surface area (Å²) in [5.41, 5.74) is 0. The van der Waals surface area contributed by atoms with Crippen LogP contribution in [0.2, 0.25) is 0 Å². The summed E-state index contributed by atoms with van der Waals surface area (Å²) in [6.45, 7) is 2.01. The van der Waals surface area contributed by atoms with Gasteiger partial charge in [-0.2, -0.15) is 0 Å². The molecule has 0 N–H and O–H groups in total. The Bertz CT molecular complexity index is 156. The minimum Gasteiger partial charge on any atom is -0.250 e. The first-order valence-electron chi connectivity index (χ1n) is 2.70. The maximum atomic E-state index is 11.0. The molecule has 8 heavy (non-hydrogen) atoms. The molecular formula is C5H13NOS. The number of hydrogen-bond donors (Lipinski definition) is 0. The van der Waals surface area contributed by atoms with Crippen LogP contribution in [0.1, 0.15) is 13.3 Å². The van der Waals surface area contributed by atoms with Crippen LogP contribution >= 0.6 is 0 Å². The maximum Gasteiger partial charge on any atom is 0.0435 e. The molecule has 0 fully saturated rings. The van der Waals surface area contributed by atoms with E-state index in [0.717, 1.165) is 12.2 Å². The van der Waals surface area contributed by atoms with Gasteiger partial charge in [0.05, 0.1) is 0 Å². The second-order valence-corrected chi connectivity index (χ2v) is 4.54. The van der Waals surface area contributed by atoms with Gasteiger partial charge in [-0.3, -0.25) is 4.21 Å². The van der Waals surface area contributed by atoms with Gasteiger partial charge in [0.25, 0.3) is 0 Å². The second kappa shape index (κ2) is 3.07. The molecular weight excluding hydrogens is 122 g/mol. The van der Waals surface area contributed by atoms with Crippen molar-refractivity contribution in [2.45, 2.75) is 13.3 Å². The molecule has 50 valence electrons. The Morgan fingerprint density at radius 3 is 2.25 bits per heavy atom. The van der Waals surface area contributed by atoms with Gasteiger partial charge in [-0.25, -0.2) is 4.36 Å². The van der Waals surface area contributed by atoms with Gasteiger partial charge >= 0.3 is 0 Å². The predicted molar refractivity (Wildman–Crippen MR) is 37.6 cm³/mol. The molecule has 1 atom stereocenters. The van der Waals surface area contributed by atoms with E-state index >= 15 is 0 Å². The quantitative estimate of drug-likeness (QED) is 0.558. The van der Waals surface area contributed by atoms with Gasteiger partial charge in [0, 0.05) is 28.8 Å². The van der Waals surface area contributed by atoms with Crippen LogP contribution in [0.4, 0.5) is 0 Å². The SMILES string of the molecule is CCCS(C)(=O)=NC. The Kier molecular flexibility index (Phi) is 3.05. The summed E-state index contributed by atoms with van der Waals surface area (Å²) >= 11 is 0. The van der Waals surface area contributed by atoms with Crippen LogP contribution in [0.25, 0.3) is 0 Å².